The van der Waals surface area contributed by atoms with E-state index in [0.29, 0.717) is 19.5 Å². The Balaban J connectivity index is 1.87. The summed E-state index contributed by atoms with van der Waals surface area (Å²) in [7, 11) is 1.75. The van der Waals surface area contributed by atoms with E-state index in [-0.39, 0.29) is 18.6 Å². The van der Waals surface area contributed by atoms with Gasteiger partial charge in [0, 0.05) is 37.7 Å². The zero-order valence-electron chi connectivity index (χ0n) is 12.6. The lowest BCUT2D eigenvalue weighted by Crippen LogP contribution is -2.39. The van der Waals surface area contributed by atoms with Gasteiger partial charge < -0.3 is 15.3 Å². The second-order valence-corrected chi connectivity index (χ2v) is 6.07. The third-order valence-corrected chi connectivity index (χ3v) is 4.22. The van der Waals surface area contributed by atoms with Crippen molar-refractivity contribution < 1.29 is 9.90 Å². The van der Waals surface area contributed by atoms with Gasteiger partial charge >= 0.3 is 6.03 Å². The molecule has 2 N–H and O–H groups in total. The molecule has 1 unspecified atom stereocenters. The Morgan fingerprint density at radius 1 is 1.41 bits per heavy atom. The fourth-order valence-electron chi connectivity index (χ4n) is 2.22. The number of aromatic nitrogens is 1. The zero-order chi connectivity index (χ0) is 15.8. The van der Waals surface area contributed by atoms with Gasteiger partial charge in [-0.3, -0.25) is 0 Å². The number of nitrogens with one attached hydrogen (secondary N) is 1. The molecule has 2 amide bonds. The summed E-state index contributed by atoms with van der Waals surface area (Å²) in [6.07, 6.45) is 2.36. The normalized spacial score (nSPS) is 11.9. The Hall–Kier alpha value is -1.92. The zero-order valence-corrected chi connectivity index (χ0v) is 13.4. The molecule has 1 aromatic carbocycles. The van der Waals surface area contributed by atoms with E-state index in [4.69, 9.17) is 0 Å². The minimum atomic E-state index is -0.130. The molecule has 0 radical (unpaired) electrons. The number of rotatable bonds is 7. The molecule has 0 aliphatic carbocycles. The van der Waals surface area contributed by atoms with Crippen molar-refractivity contribution in [3.8, 4) is 0 Å². The standard InChI is InChI=1S/C16H21N3O2S/c1-19(12-15-17-8-10-22-15)16(21)18-11-14(7-9-20)13-5-3-2-4-6-13/h2-6,8,10,14,20H,7,9,11-12H2,1H3,(H,18,21). The highest BCUT2D eigenvalue weighted by atomic mass is 32.1. The van der Waals surface area contributed by atoms with Crippen molar-refractivity contribution in [2.45, 2.75) is 18.9 Å². The lowest BCUT2D eigenvalue weighted by atomic mass is 9.96. The maximum atomic E-state index is 12.1. The lowest BCUT2D eigenvalue weighted by Gasteiger charge is -2.21. The number of carbonyl (C=O) groups excluding carboxylic acids is 1. The number of amides is 2. The van der Waals surface area contributed by atoms with Crippen LogP contribution in [0.4, 0.5) is 4.79 Å². The summed E-state index contributed by atoms with van der Waals surface area (Å²) >= 11 is 1.53. The Kier molecular flexibility index (Phi) is 6.36. The lowest BCUT2D eigenvalue weighted by molar-refractivity contribution is 0.204. The minimum absolute atomic E-state index is 0.102. The molecule has 118 valence electrons. The maximum absolute atomic E-state index is 12.1. The van der Waals surface area contributed by atoms with Gasteiger partial charge in [0.15, 0.2) is 0 Å². The molecule has 1 atom stereocenters. The second kappa shape index (κ2) is 8.51. The van der Waals surface area contributed by atoms with Crippen LogP contribution in [0, 0.1) is 0 Å². The van der Waals surface area contributed by atoms with Crippen LogP contribution in [0.3, 0.4) is 0 Å². The average Bonchev–Trinajstić information content (AvgIpc) is 3.04. The van der Waals surface area contributed by atoms with Crippen LogP contribution in [0.1, 0.15) is 22.9 Å². The third-order valence-electron chi connectivity index (χ3n) is 3.45. The monoisotopic (exact) mass is 319 g/mol. The SMILES string of the molecule is CN(Cc1nccs1)C(=O)NCC(CCO)c1ccccc1. The summed E-state index contributed by atoms with van der Waals surface area (Å²) in [5.74, 6) is 0.114. The number of urea groups is 1. The molecule has 6 heteroatoms. The number of hydrogen-bond acceptors (Lipinski definition) is 4. The fourth-order valence-corrected chi connectivity index (χ4v) is 2.89. The Labute approximate surface area is 134 Å². The van der Waals surface area contributed by atoms with Crippen LogP contribution in [0.25, 0.3) is 0 Å². The molecule has 0 saturated carbocycles. The van der Waals surface area contributed by atoms with Crippen molar-refractivity contribution in [3.63, 3.8) is 0 Å². The average molecular weight is 319 g/mol. The van der Waals surface area contributed by atoms with E-state index >= 15 is 0 Å². The van der Waals surface area contributed by atoms with E-state index < -0.39 is 0 Å². The summed E-state index contributed by atoms with van der Waals surface area (Å²) in [5.41, 5.74) is 1.12. The van der Waals surface area contributed by atoms with Crippen molar-refractivity contribution in [2.24, 2.45) is 0 Å². The van der Waals surface area contributed by atoms with Crippen LogP contribution in [-0.4, -0.2) is 41.2 Å². The molecular formula is C16H21N3O2S. The molecule has 22 heavy (non-hydrogen) atoms. The molecule has 0 aliphatic heterocycles. The first-order valence-corrected chi connectivity index (χ1v) is 8.11. The third kappa shape index (κ3) is 4.82. The number of hydrogen-bond donors (Lipinski definition) is 2. The molecule has 2 aromatic rings. The quantitative estimate of drug-likeness (QED) is 0.824. The first-order valence-electron chi connectivity index (χ1n) is 7.24. The van der Waals surface area contributed by atoms with E-state index in [1.54, 1.807) is 18.1 Å². The van der Waals surface area contributed by atoms with Crippen LogP contribution in [-0.2, 0) is 6.54 Å². The van der Waals surface area contributed by atoms with Gasteiger partial charge in [-0.25, -0.2) is 9.78 Å². The van der Waals surface area contributed by atoms with E-state index in [9.17, 15) is 9.90 Å². The molecule has 5 nitrogen and oxygen atoms in total. The van der Waals surface area contributed by atoms with Gasteiger partial charge in [0.25, 0.3) is 0 Å². The van der Waals surface area contributed by atoms with Crippen molar-refractivity contribution in [2.75, 3.05) is 20.2 Å². The number of aliphatic hydroxyl groups is 1. The topological polar surface area (TPSA) is 65.5 Å². The highest BCUT2D eigenvalue weighted by molar-refractivity contribution is 7.09. The minimum Gasteiger partial charge on any atom is -0.396 e. The molecule has 2 rings (SSSR count). The Morgan fingerprint density at radius 2 is 2.18 bits per heavy atom. The van der Waals surface area contributed by atoms with Gasteiger partial charge in [-0.15, -0.1) is 11.3 Å². The van der Waals surface area contributed by atoms with E-state index in [1.807, 2.05) is 35.7 Å². The summed E-state index contributed by atoms with van der Waals surface area (Å²) in [5, 5.41) is 15.0. The number of benzene rings is 1. The Bertz CT molecular complexity index is 560. The maximum Gasteiger partial charge on any atom is 0.317 e. The van der Waals surface area contributed by atoms with Crippen LogP contribution in [0.15, 0.2) is 41.9 Å². The first-order chi connectivity index (χ1) is 10.7. The van der Waals surface area contributed by atoms with Gasteiger partial charge in [0.05, 0.1) is 6.54 Å². The van der Waals surface area contributed by atoms with Gasteiger partial charge in [0.2, 0.25) is 0 Å². The highest BCUT2D eigenvalue weighted by Gasteiger charge is 2.15. The number of nitrogens with zero attached hydrogens (tertiary/aromatic N) is 2. The summed E-state index contributed by atoms with van der Waals surface area (Å²) in [6.45, 7) is 1.11. The molecular weight excluding hydrogens is 298 g/mol. The predicted octanol–water partition coefficient (Wildman–Crippen LogP) is 2.45. The molecule has 0 bridgehead atoms. The number of aliphatic hydroxyl groups excluding tert-OH is 1. The van der Waals surface area contributed by atoms with Crippen LogP contribution < -0.4 is 5.32 Å². The van der Waals surface area contributed by atoms with Gasteiger partial charge in [-0.1, -0.05) is 30.3 Å². The summed E-state index contributed by atoms with van der Waals surface area (Å²) < 4.78 is 0. The van der Waals surface area contributed by atoms with Gasteiger partial charge in [-0.05, 0) is 12.0 Å². The largest absolute Gasteiger partial charge is 0.396 e. The first kappa shape index (κ1) is 16.5. The van der Waals surface area contributed by atoms with Crippen LogP contribution in [0.5, 0.6) is 0 Å². The fraction of sp³-hybridized carbons (Fsp3) is 0.375. The second-order valence-electron chi connectivity index (χ2n) is 5.09. The molecule has 0 fully saturated rings. The summed E-state index contributed by atoms with van der Waals surface area (Å²) in [6, 6.07) is 9.80. The number of carbonyl (C=O) groups is 1. The number of thiazole rings is 1. The van der Waals surface area contributed by atoms with Gasteiger partial charge in [-0.2, -0.15) is 0 Å². The van der Waals surface area contributed by atoms with Crippen LogP contribution in [0.2, 0.25) is 0 Å². The highest BCUT2D eigenvalue weighted by Crippen LogP contribution is 2.18. The molecule has 0 spiro atoms. The van der Waals surface area contributed by atoms with E-state index in [0.717, 1.165) is 10.6 Å². The van der Waals surface area contributed by atoms with E-state index in [2.05, 4.69) is 10.3 Å². The van der Waals surface area contributed by atoms with Crippen molar-refractivity contribution in [3.05, 3.63) is 52.5 Å². The smallest absolute Gasteiger partial charge is 0.317 e. The predicted molar refractivity (Wildman–Crippen MR) is 87.9 cm³/mol. The summed E-state index contributed by atoms with van der Waals surface area (Å²) in [4.78, 5) is 17.9. The Morgan fingerprint density at radius 3 is 2.82 bits per heavy atom. The van der Waals surface area contributed by atoms with Crippen LogP contribution >= 0.6 is 11.3 Å². The van der Waals surface area contributed by atoms with Crippen molar-refractivity contribution >= 4 is 17.4 Å². The van der Waals surface area contributed by atoms with Crippen molar-refractivity contribution in [1.29, 1.82) is 0 Å². The molecule has 0 saturated heterocycles. The van der Waals surface area contributed by atoms with Crippen molar-refractivity contribution in [1.82, 2.24) is 15.2 Å². The molecule has 1 heterocycles. The molecule has 1 aromatic heterocycles. The van der Waals surface area contributed by atoms with Gasteiger partial charge in [0.1, 0.15) is 5.01 Å². The van der Waals surface area contributed by atoms with E-state index in [1.165, 1.54) is 11.3 Å². The molecule has 0 aliphatic rings.